The zero-order chi connectivity index (χ0) is 32.1. The molecule has 0 saturated heterocycles. The molecule has 43 heavy (non-hydrogen) atoms. The van der Waals surface area contributed by atoms with Crippen LogP contribution < -0.4 is 9.62 Å². The monoisotopic (exact) mass is 677 g/mol. The van der Waals surface area contributed by atoms with E-state index in [1.807, 2.05) is 13.8 Å². The van der Waals surface area contributed by atoms with Crippen LogP contribution in [-0.2, 0) is 32.3 Å². The van der Waals surface area contributed by atoms with Crippen LogP contribution >= 0.6 is 34.8 Å². The van der Waals surface area contributed by atoms with Crippen LogP contribution in [0.25, 0.3) is 0 Å². The lowest BCUT2D eigenvalue weighted by Gasteiger charge is -2.33. The predicted octanol–water partition coefficient (Wildman–Crippen LogP) is 7.05. The molecule has 1 N–H and O–H groups in total. The zero-order valence-electron chi connectivity index (χ0n) is 23.3. The minimum atomic E-state index is -4.83. The number of hydrogen-bond donors (Lipinski definition) is 1. The summed E-state index contributed by atoms with van der Waals surface area (Å²) in [6, 6.07) is 12.5. The van der Waals surface area contributed by atoms with Crippen LogP contribution in [0.4, 0.5) is 18.9 Å². The molecular weight excluding hydrogens is 650 g/mol. The number of anilines is 1. The maximum atomic E-state index is 14.0. The Morgan fingerprint density at radius 1 is 0.884 bits per heavy atom. The summed E-state index contributed by atoms with van der Waals surface area (Å²) in [5.74, 6) is -1.37. The molecule has 2 amide bonds. The van der Waals surface area contributed by atoms with Gasteiger partial charge in [-0.05, 0) is 55.3 Å². The van der Waals surface area contributed by atoms with Crippen LogP contribution in [0.2, 0.25) is 15.1 Å². The Morgan fingerprint density at radius 3 is 2.05 bits per heavy atom. The van der Waals surface area contributed by atoms with Crippen molar-refractivity contribution < 1.29 is 31.2 Å². The van der Waals surface area contributed by atoms with Crippen molar-refractivity contribution in [1.82, 2.24) is 10.2 Å². The minimum absolute atomic E-state index is 0.0906. The number of benzene rings is 3. The molecule has 232 valence electrons. The number of alkyl halides is 3. The van der Waals surface area contributed by atoms with Crippen LogP contribution in [0, 0.1) is 5.92 Å². The number of rotatable bonds is 11. The molecule has 0 fully saturated rings. The van der Waals surface area contributed by atoms with Crippen LogP contribution in [-0.4, -0.2) is 44.3 Å². The van der Waals surface area contributed by atoms with Crippen LogP contribution in [0.15, 0.2) is 71.6 Å². The average Bonchev–Trinajstić information content (AvgIpc) is 2.94. The summed E-state index contributed by atoms with van der Waals surface area (Å²) in [6.07, 6.45) is -4.83. The highest BCUT2D eigenvalue weighted by Gasteiger charge is 2.36. The number of amides is 2. The van der Waals surface area contributed by atoms with Gasteiger partial charge in [0.25, 0.3) is 10.0 Å². The van der Waals surface area contributed by atoms with Gasteiger partial charge in [-0.3, -0.25) is 13.9 Å². The van der Waals surface area contributed by atoms with E-state index in [1.54, 1.807) is 12.1 Å². The normalized spacial score (nSPS) is 12.6. The van der Waals surface area contributed by atoms with Gasteiger partial charge < -0.3 is 10.2 Å². The summed E-state index contributed by atoms with van der Waals surface area (Å²) in [6.45, 7) is 4.19. The Kier molecular flexibility index (Phi) is 11.4. The van der Waals surface area contributed by atoms with Crippen molar-refractivity contribution in [2.24, 2.45) is 5.92 Å². The number of sulfonamides is 1. The van der Waals surface area contributed by atoms with Gasteiger partial charge in [0.1, 0.15) is 12.6 Å². The van der Waals surface area contributed by atoms with Gasteiger partial charge in [0.05, 0.1) is 21.2 Å². The second-order valence-electron chi connectivity index (χ2n) is 10.0. The van der Waals surface area contributed by atoms with Gasteiger partial charge in [-0.1, -0.05) is 72.9 Å². The largest absolute Gasteiger partial charge is 0.416 e. The first kappa shape index (κ1) is 34.5. The van der Waals surface area contributed by atoms with Crippen molar-refractivity contribution in [2.75, 3.05) is 17.4 Å². The van der Waals surface area contributed by atoms with E-state index in [9.17, 15) is 31.2 Å². The van der Waals surface area contributed by atoms with Crippen LogP contribution in [0.5, 0.6) is 0 Å². The molecule has 7 nitrogen and oxygen atoms in total. The third kappa shape index (κ3) is 8.56. The first-order valence-electron chi connectivity index (χ1n) is 13.0. The molecule has 3 aromatic rings. The summed E-state index contributed by atoms with van der Waals surface area (Å²) in [7, 11) is -4.64. The molecule has 0 spiro atoms. The van der Waals surface area contributed by atoms with Crippen molar-refractivity contribution in [3.63, 3.8) is 0 Å². The average molecular weight is 679 g/mol. The smallest absolute Gasteiger partial charge is 0.354 e. The van der Waals surface area contributed by atoms with Crippen LogP contribution in [0.3, 0.4) is 0 Å². The van der Waals surface area contributed by atoms with Crippen molar-refractivity contribution in [1.29, 1.82) is 0 Å². The number of carbonyl (C=O) groups excluding carboxylic acids is 2. The lowest BCUT2D eigenvalue weighted by Crippen LogP contribution is -2.51. The highest BCUT2D eigenvalue weighted by Crippen LogP contribution is 2.37. The molecule has 3 aromatic carbocycles. The fourth-order valence-corrected chi connectivity index (χ4v) is 6.23. The maximum absolute atomic E-state index is 14.0. The Balaban J connectivity index is 2.14. The standard InChI is InChI=1S/C29H29Cl3F3N3O4S/c1-18(2)15-36-28(40)19(3)37(16-22-23(30)10-7-11-24(22)31)27(39)17-38(43(41,42)21-8-5-4-6-9-21)26-14-20(29(33,34)35)12-13-25(26)32/h4-14,18-19H,15-17H2,1-3H3,(H,36,40)/t19-/m0/s1. The summed E-state index contributed by atoms with van der Waals surface area (Å²) in [5, 5.41) is 2.77. The van der Waals surface area contributed by atoms with E-state index in [0.29, 0.717) is 23.0 Å². The molecule has 0 heterocycles. The van der Waals surface area contributed by atoms with Crippen molar-refractivity contribution in [2.45, 2.75) is 44.4 Å². The fraction of sp³-hybridized carbons (Fsp3) is 0.310. The quantitative estimate of drug-likeness (QED) is 0.236. The molecule has 0 bridgehead atoms. The lowest BCUT2D eigenvalue weighted by molar-refractivity contribution is -0.139. The Morgan fingerprint density at radius 2 is 1.49 bits per heavy atom. The van der Waals surface area contributed by atoms with Gasteiger partial charge in [-0.2, -0.15) is 13.2 Å². The summed E-state index contributed by atoms with van der Waals surface area (Å²) in [5.41, 5.74) is -1.45. The second kappa shape index (κ2) is 14.2. The molecule has 0 aliphatic carbocycles. The van der Waals surface area contributed by atoms with E-state index < -0.39 is 51.9 Å². The highest BCUT2D eigenvalue weighted by molar-refractivity contribution is 7.92. The molecule has 3 rings (SSSR count). The third-order valence-corrected chi connectivity index (χ3v) is 9.20. The van der Waals surface area contributed by atoms with Crippen LogP contribution in [0.1, 0.15) is 31.9 Å². The predicted molar refractivity (Wildman–Crippen MR) is 162 cm³/mol. The second-order valence-corrected chi connectivity index (χ2v) is 13.1. The molecule has 1 atom stereocenters. The van der Waals surface area contributed by atoms with E-state index in [-0.39, 0.29) is 38.0 Å². The molecular formula is C29H29Cl3F3N3O4S. The van der Waals surface area contributed by atoms with Gasteiger partial charge in [0.15, 0.2) is 0 Å². The summed E-state index contributed by atoms with van der Waals surface area (Å²) >= 11 is 18.9. The molecule has 14 heteroatoms. The minimum Gasteiger partial charge on any atom is -0.354 e. The Bertz CT molecular complexity index is 1550. The Hall–Kier alpha value is -2.99. The number of nitrogens with one attached hydrogen (secondary N) is 1. The van der Waals surface area contributed by atoms with E-state index >= 15 is 0 Å². The highest BCUT2D eigenvalue weighted by atomic mass is 35.5. The molecule has 0 aromatic heterocycles. The molecule has 0 aliphatic rings. The lowest BCUT2D eigenvalue weighted by atomic mass is 10.1. The fourth-order valence-electron chi connectivity index (χ4n) is 4.00. The van der Waals surface area contributed by atoms with E-state index in [4.69, 9.17) is 34.8 Å². The first-order chi connectivity index (χ1) is 20.0. The molecule has 0 aliphatic heterocycles. The third-order valence-electron chi connectivity index (χ3n) is 6.39. The van der Waals surface area contributed by atoms with Crippen molar-refractivity contribution in [3.8, 4) is 0 Å². The molecule has 0 radical (unpaired) electrons. The van der Waals surface area contributed by atoms with Gasteiger partial charge in [0.2, 0.25) is 11.8 Å². The maximum Gasteiger partial charge on any atom is 0.416 e. The number of carbonyl (C=O) groups is 2. The van der Waals surface area contributed by atoms with E-state index in [0.717, 1.165) is 11.0 Å². The van der Waals surface area contributed by atoms with Gasteiger partial charge in [-0.25, -0.2) is 8.42 Å². The van der Waals surface area contributed by atoms with Crippen molar-refractivity contribution >= 4 is 62.3 Å². The first-order valence-corrected chi connectivity index (χ1v) is 15.6. The number of nitrogens with zero attached hydrogens (tertiary/aromatic N) is 2. The van der Waals surface area contributed by atoms with E-state index in [2.05, 4.69) is 5.32 Å². The molecule has 0 saturated carbocycles. The van der Waals surface area contributed by atoms with Gasteiger partial charge >= 0.3 is 6.18 Å². The Labute approximate surface area is 263 Å². The number of halogens is 6. The van der Waals surface area contributed by atoms with E-state index in [1.165, 1.54) is 43.3 Å². The topological polar surface area (TPSA) is 86.8 Å². The van der Waals surface area contributed by atoms with Gasteiger partial charge in [-0.15, -0.1) is 0 Å². The SMILES string of the molecule is CC(C)CNC(=O)[C@H](C)N(Cc1c(Cl)cccc1Cl)C(=O)CN(c1cc(C(F)(F)F)ccc1Cl)S(=O)(=O)c1ccccc1. The summed E-state index contributed by atoms with van der Waals surface area (Å²) < 4.78 is 69.2. The zero-order valence-corrected chi connectivity index (χ0v) is 26.4. The summed E-state index contributed by atoms with van der Waals surface area (Å²) in [4.78, 5) is 27.9. The van der Waals surface area contributed by atoms with Crippen molar-refractivity contribution in [3.05, 3.63) is 92.9 Å². The number of hydrogen-bond acceptors (Lipinski definition) is 4. The molecule has 0 unspecified atom stereocenters. The van der Waals surface area contributed by atoms with Gasteiger partial charge in [0, 0.05) is 28.7 Å².